The predicted molar refractivity (Wildman–Crippen MR) is 105 cm³/mol. The Morgan fingerprint density at radius 2 is 1.44 bits per heavy atom. The molecule has 0 amide bonds. The molecule has 0 spiro atoms. The van der Waals surface area contributed by atoms with E-state index in [1.165, 1.54) is 39.2 Å². The molecule has 4 nitrogen and oxygen atoms in total. The molecule has 0 radical (unpaired) electrons. The van der Waals surface area contributed by atoms with Gasteiger partial charge >= 0.3 is 11.9 Å². The van der Waals surface area contributed by atoms with Crippen molar-refractivity contribution in [2.24, 2.45) is 34.5 Å². The van der Waals surface area contributed by atoms with Gasteiger partial charge in [-0.05, 0) is 95.8 Å². The van der Waals surface area contributed by atoms with Crippen molar-refractivity contribution < 1.29 is 19.1 Å². The lowest BCUT2D eigenvalue weighted by molar-refractivity contribution is -0.220. The lowest BCUT2D eigenvalue weighted by Crippen LogP contribution is -2.60. The summed E-state index contributed by atoms with van der Waals surface area (Å²) in [5.41, 5.74) is -1.66. The summed E-state index contributed by atoms with van der Waals surface area (Å²) in [5.74, 6) is 2.37. The molecule has 0 aromatic heterocycles. The van der Waals surface area contributed by atoms with Crippen LogP contribution in [0.3, 0.4) is 0 Å². The minimum atomic E-state index is -0.706. The van der Waals surface area contributed by atoms with Crippen LogP contribution in [0, 0.1) is 34.5 Å². The van der Waals surface area contributed by atoms with E-state index >= 15 is 0 Å². The largest absolute Gasteiger partial charge is 0.469 e. The molecule has 4 fully saturated rings. The number of carbonyl (C=O) groups is 2. The fourth-order valence-electron chi connectivity index (χ4n) is 6.76. The van der Waals surface area contributed by atoms with E-state index in [-0.39, 0.29) is 17.5 Å². The highest BCUT2D eigenvalue weighted by Crippen LogP contribution is 2.61. The summed E-state index contributed by atoms with van der Waals surface area (Å²) in [7, 11) is 1.41. The topological polar surface area (TPSA) is 52.6 Å². The number of ether oxygens (including phenoxy) is 2. The van der Waals surface area contributed by atoms with Crippen LogP contribution in [0.2, 0.25) is 0 Å². The second kappa shape index (κ2) is 7.08. The molecule has 0 aromatic rings. The molecule has 154 valence electrons. The Morgan fingerprint density at radius 3 is 1.85 bits per heavy atom. The highest BCUT2D eigenvalue weighted by Gasteiger charge is 2.59. The van der Waals surface area contributed by atoms with Crippen molar-refractivity contribution in [3.8, 4) is 0 Å². The zero-order valence-electron chi connectivity index (χ0n) is 18.1. The average Bonchev–Trinajstić information content (AvgIpc) is 2.62. The van der Waals surface area contributed by atoms with E-state index in [4.69, 9.17) is 9.47 Å². The third-order valence-corrected chi connectivity index (χ3v) is 8.20. The van der Waals surface area contributed by atoms with E-state index in [0.717, 1.165) is 18.3 Å². The van der Waals surface area contributed by atoms with E-state index in [1.54, 1.807) is 0 Å². The van der Waals surface area contributed by atoms with Crippen molar-refractivity contribution >= 4 is 11.9 Å². The number of carbonyl (C=O) groups excluding carboxylic acids is 2. The zero-order chi connectivity index (χ0) is 20.0. The summed E-state index contributed by atoms with van der Waals surface area (Å²) in [4.78, 5) is 25.7. The van der Waals surface area contributed by atoms with Crippen molar-refractivity contribution in [3.63, 3.8) is 0 Å². The molecule has 0 aromatic carbocycles. The van der Waals surface area contributed by atoms with E-state index in [2.05, 4.69) is 6.92 Å². The van der Waals surface area contributed by atoms with E-state index in [0.29, 0.717) is 24.7 Å². The van der Waals surface area contributed by atoms with Crippen LogP contribution in [0.5, 0.6) is 0 Å². The van der Waals surface area contributed by atoms with Crippen LogP contribution in [0.25, 0.3) is 0 Å². The first-order valence-corrected chi connectivity index (χ1v) is 10.9. The van der Waals surface area contributed by atoms with Gasteiger partial charge in [0.2, 0.25) is 0 Å². The second-order valence-electron chi connectivity index (χ2n) is 10.5. The highest BCUT2D eigenvalue weighted by molar-refractivity contribution is 5.80. The molecule has 4 aliphatic carbocycles. The monoisotopic (exact) mass is 378 g/mol. The van der Waals surface area contributed by atoms with Gasteiger partial charge in [0.15, 0.2) is 0 Å². The molecular weight excluding hydrogens is 340 g/mol. The van der Waals surface area contributed by atoms with Crippen molar-refractivity contribution in [1.82, 2.24) is 0 Å². The minimum absolute atomic E-state index is 0.115. The third kappa shape index (κ3) is 3.42. The SMILES string of the molecule is CCC(C)(CC(C)(C)C(=O)OC)C(=O)OC1(CC)C2CC3CC(C2)CC1C3. The summed E-state index contributed by atoms with van der Waals surface area (Å²) in [6.45, 7) is 9.89. The summed E-state index contributed by atoms with van der Waals surface area (Å²) >= 11 is 0. The predicted octanol–water partition coefficient (Wildman–Crippen LogP) is 5.14. The molecule has 4 aliphatic rings. The van der Waals surface area contributed by atoms with Gasteiger partial charge in [-0.1, -0.05) is 13.8 Å². The van der Waals surface area contributed by atoms with Crippen LogP contribution in [0.15, 0.2) is 0 Å². The standard InChI is InChI=1S/C23H38O4/c1-7-22(5,14-21(3,4)19(24)26-6)20(25)27-23(8-2)17-10-15-9-16(12-17)13-18(23)11-15/h15-18H,7-14H2,1-6H3. The van der Waals surface area contributed by atoms with Gasteiger partial charge in [0.25, 0.3) is 0 Å². The molecule has 4 saturated carbocycles. The molecule has 0 heterocycles. The number of rotatable bonds is 7. The first-order chi connectivity index (χ1) is 12.6. The fraction of sp³-hybridized carbons (Fsp3) is 0.913. The minimum Gasteiger partial charge on any atom is -0.469 e. The Hall–Kier alpha value is -1.06. The number of hydrogen-bond donors (Lipinski definition) is 0. The molecule has 1 unspecified atom stereocenters. The summed E-state index contributed by atoms with van der Waals surface area (Å²) in [6, 6.07) is 0. The summed E-state index contributed by atoms with van der Waals surface area (Å²) in [6.07, 6.45) is 8.31. The lowest BCUT2D eigenvalue weighted by atomic mass is 9.49. The number of methoxy groups -OCH3 is 1. The average molecular weight is 379 g/mol. The van der Waals surface area contributed by atoms with Gasteiger partial charge in [-0.3, -0.25) is 9.59 Å². The Bertz CT molecular complexity index is 565. The molecule has 1 atom stereocenters. The van der Waals surface area contributed by atoms with Crippen LogP contribution in [0.4, 0.5) is 0 Å². The normalized spacial score (nSPS) is 37.0. The zero-order valence-corrected chi connectivity index (χ0v) is 18.1. The Morgan fingerprint density at radius 1 is 0.926 bits per heavy atom. The van der Waals surface area contributed by atoms with E-state index < -0.39 is 10.8 Å². The van der Waals surface area contributed by atoms with Crippen LogP contribution in [-0.4, -0.2) is 24.6 Å². The number of esters is 2. The van der Waals surface area contributed by atoms with Crippen molar-refractivity contribution in [3.05, 3.63) is 0 Å². The fourth-order valence-corrected chi connectivity index (χ4v) is 6.76. The maximum atomic E-state index is 13.5. The molecule has 0 N–H and O–H groups in total. The van der Waals surface area contributed by atoms with Gasteiger partial charge < -0.3 is 9.47 Å². The lowest BCUT2D eigenvalue weighted by Gasteiger charge is -2.60. The molecule has 0 aliphatic heterocycles. The van der Waals surface area contributed by atoms with Gasteiger partial charge in [0, 0.05) is 0 Å². The van der Waals surface area contributed by atoms with Gasteiger partial charge in [-0.15, -0.1) is 0 Å². The highest BCUT2D eigenvalue weighted by atomic mass is 16.6. The molecule has 4 rings (SSSR count). The van der Waals surface area contributed by atoms with Crippen LogP contribution >= 0.6 is 0 Å². The molecular formula is C23H38O4. The molecule has 4 heteroatoms. The first-order valence-electron chi connectivity index (χ1n) is 10.9. The number of hydrogen-bond acceptors (Lipinski definition) is 4. The maximum absolute atomic E-state index is 13.5. The third-order valence-electron chi connectivity index (χ3n) is 8.20. The second-order valence-corrected chi connectivity index (χ2v) is 10.5. The Balaban J connectivity index is 1.80. The van der Waals surface area contributed by atoms with Crippen LogP contribution in [-0.2, 0) is 19.1 Å². The van der Waals surface area contributed by atoms with E-state index in [9.17, 15) is 9.59 Å². The quantitative estimate of drug-likeness (QED) is 0.576. The van der Waals surface area contributed by atoms with Crippen LogP contribution in [0.1, 0.15) is 86.0 Å². The van der Waals surface area contributed by atoms with E-state index in [1.807, 2.05) is 27.7 Å². The Kier molecular flexibility index (Phi) is 5.42. The summed E-state index contributed by atoms with van der Waals surface area (Å²) < 4.78 is 11.5. The molecule has 0 saturated heterocycles. The van der Waals surface area contributed by atoms with Gasteiger partial charge in [-0.25, -0.2) is 0 Å². The summed E-state index contributed by atoms with van der Waals surface area (Å²) in [5, 5.41) is 0. The molecule has 27 heavy (non-hydrogen) atoms. The van der Waals surface area contributed by atoms with Gasteiger partial charge in [0.1, 0.15) is 5.60 Å². The maximum Gasteiger partial charge on any atom is 0.312 e. The van der Waals surface area contributed by atoms with Crippen molar-refractivity contribution in [2.45, 2.75) is 91.6 Å². The smallest absolute Gasteiger partial charge is 0.312 e. The van der Waals surface area contributed by atoms with Crippen molar-refractivity contribution in [2.75, 3.05) is 7.11 Å². The van der Waals surface area contributed by atoms with Crippen LogP contribution < -0.4 is 0 Å². The van der Waals surface area contributed by atoms with Gasteiger partial charge in [-0.2, -0.15) is 0 Å². The van der Waals surface area contributed by atoms with Gasteiger partial charge in [0.05, 0.1) is 17.9 Å². The Labute approximate surface area is 164 Å². The first kappa shape index (κ1) is 20.7. The van der Waals surface area contributed by atoms with Crippen molar-refractivity contribution in [1.29, 1.82) is 0 Å². The molecule has 4 bridgehead atoms.